The van der Waals surface area contributed by atoms with Crippen molar-refractivity contribution in [2.75, 3.05) is 0 Å². The van der Waals surface area contributed by atoms with E-state index < -0.39 is 0 Å². The molecule has 0 amide bonds. The molecule has 1 aliphatic rings. The van der Waals surface area contributed by atoms with Crippen LogP contribution in [0.1, 0.15) is 68.2 Å². The Kier molecular flexibility index (Phi) is 3.52. The maximum absolute atomic E-state index is 6.38. The minimum atomic E-state index is 0.0553. The Hall–Kier alpha value is -0.0400. The fourth-order valence-corrected chi connectivity index (χ4v) is 2.81. The van der Waals surface area contributed by atoms with Gasteiger partial charge >= 0.3 is 0 Å². The number of hydrogen-bond acceptors (Lipinski definition) is 1. The second-order valence-electron chi connectivity index (χ2n) is 8.18. The van der Waals surface area contributed by atoms with E-state index in [2.05, 4.69) is 55.4 Å². The van der Waals surface area contributed by atoms with Crippen molar-refractivity contribution in [3.63, 3.8) is 0 Å². The first-order chi connectivity index (χ1) is 6.93. The van der Waals surface area contributed by atoms with Gasteiger partial charge in [-0.15, -0.1) is 0 Å². The lowest BCUT2D eigenvalue weighted by Crippen LogP contribution is -2.51. The molecule has 1 nitrogen and oxygen atoms in total. The summed E-state index contributed by atoms with van der Waals surface area (Å²) in [5, 5.41) is 0. The lowest BCUT2D eigenvalue weighted by atomic mass is 9.65. The second-order valence-corrected chi connectivity index (χ2v) is 8.18. The van der Waals surface area contributed by atoms with Crippen LogP contribution in [0.15, 0.2) is 0 Å². The Morgan fingerprint density at radius 3 is 1.81 bits per heavy atom. The van der Waals surface area contributed by atoms with Crippen LogP contribution in [0.25, 0.3) is 0 Å². The molecule has 0 saturated carbocycles. The summed E-state index contributed by atoms with van der Waals surface area (Å²) in [4.78, 5) is 0. The normalized spacial score (nSPS) is 31.5. The quantitative estimate of drug-likeness (QED) is 0.584. The largest absolute Gasteiger partial charge is 0.371 e. The molecule has 2 atom stereocenters. The predicted molar refractivity (Wildman–Crippen MR) is 70.6 cm³/mol. The molecule has 1 rings (SSSR count). The summed E-state index contributed by atoms with van der Waals surface area (Å²) in [6.45, 7) is 18.4. The Morgan fingerprint density at radius 1 is 0.938 bits per heavy atom. The van der Waals surface area contributed by atoms with Gasteiger partial charge in [0.05, 0.1) is 11.7 Å². The van der Waals surface area contributed by atoms with Gasteiger partial charge < -0.3 is 4.74 Å². The van der Waals surface area contributed by atoms with Crippen LogP contribution in [0.3, 0.4) is 0 Å². The number of hydrogen-bond donors (Lipinski definition) is 0. The average Bonchev–Trinajstić information content (AvgIpc) is 1.97. The van der Waals surface area contributed by atoms with Crippen molar-refractivity contribution in [3.05, 3.63) is 0 Å². The summed E-state index contributed by atoms with van der Waals surface area (Å²) in [6.07, 6.45) is 2.84. The fraction of sp³-hybridized carbons (Fsp3) is 1.00. The molecule has 0 bridgehead atoms. The molecule has 0 aromatic rings. The maximum Gasteiger partial charge on any atom is 0.0663 e. The highest BCUT2D eigenvalue weighted by Gasteiger charge is 2.45. The van der Waals surface area contributed by atoms with E-state index in [4.69, 9.17) is 4.74 Å². The van der Waals surface area contributed by atoms with Crippen LogP contribution in [-0.4, -0.2) is 11.7 Å². The van der Waals surface area contributed by atoms with Gasteiger partial charge in [0, 0.05) is 0 Å². The summed E-state index contributed by atoms with van der Waals surface area (Å²) in [5.74, 6) is 0.667. The summed E-state index contributed by atoms with van der Waals surface area (Å²) in [6, 6.07) is 0. The van der Waals surface area contributed by atoms with Crippen LogP contribution in [-0.2, 0) is 4.74 Å². The molecule has 0 N–H and O–H groups in total. The van der Waals surface area contributed by atoms with Crippen LogP contribution in [0.4, 0.5) is 0 Å². The van der Waals surface area contributed by atoms with Gasteiger partial charge in [-0.25, -0.2) is 0 Å². The zero-order valence-electron chi connectivity index (χ0n) is 12.5. The minimum absolute atomic E-state index is 0.0553. The molecule has 0 aliphatic carbocycles. The van der Waals surface area contributed by atoms with E-state index in [0.717, 1.165) is 0 Å². The van der Waals surface area contributed by atoms with E-state index in [-0.39, 0.29) is 11.0 Å². The topological polar surface area (TPSA) is 9.23 Å². The Balaban J connectivity index is 2.94. The third-order valence-electron chi connectivity index (χ3n) is 3.83. The number of rotatable bonds is 0. The lowest BCUT2D eigenvalue weighted by molar-refractivity contribution is -0.191. The molecular formula is C15H30O. The smallest absolute Gasteiger partial charge is 0.0663 e. The summed E-state index contributed by atoms with van der Waals surface area (Å²) < 4.78 is 6.38. The minimum Gasteiger partial charge on any atom is -0.371 e. The molecule has 0 spiro atoms. The first-order valence-electron chi connectivity index (χ1n) is 6.61. The van der Waals surface area contributed by atoms with Crippen molar-refractivity contribution >= 4 is 0 Å². The highest BCUT2D eigenvalue weighted by Crippen LogP contribution is 2.47. The zero-order valence-corrected chi connectivity index (χ0v) is 12.5. The monoisotopic (exact) mass is 226 g/mol. The van der Waals surface area contributed by atoms with Crippen LogP contribution < -0.4 is 0 Å². The molecule has 0 aromatic carbocycles. The van der Waals surface area contributed by atoms with Crippen LogP contribution in [0.5, 0.6) is 0 Å². The first-order valence-corrected chi connectivity index (χ1v) is 6.61. The molecule has 1 heteroatoms. The Bertz CT molecular complexity index is 239. The SMILES string of the molecule is CC1(C)CCC(C(C)(C)C)C(C(C)(C)C)O1. The molecular weight excluding hydrogens is 196 g/mol. The average molecular weight is 226 g/mol. The third-order valence-corrected chi connectivity index (χ3v) is 3.83. The van der Waals surface area contributed by atoms with Crippen molar-refractivity contribution in [1.29, 1.82) is 0 Å². The van der Waals surface area contributed by atoms with Gasteiger partial charge in [0.25, 0.3) is 0 Å². The van der Waals surface area contributed by atoms with Crippen molar-refractivity contribution in [1.82, 2.24) is 0 Å². The van der Waals surface area contributed by atoms with E-state index in [1.54, 1.807) is 0 Å². The van der Waals surface area contributed by atoms with Crippen LogP contribution >= 0.6 is 0 Å². The van der Waals surface area contributed by atoms with E-state index in [1.165, 1.54) is 12.8 Å². The first kappa shape index (κ1) is 14.0. The summed E-state index contributed by atoms with van der Waals surface area (Å²) in [7, 11) is 0. The van der Waals surface area contributed by atoms with E-state index >= 15 is 0 Å². The molecule has 0 aromatic heterocycles. The molecule has 1 fully saturated rings. The van der Waals surface area contributed by atoms with Gasteiger partial charge in [0.1, 0.15) is 0 Å². The standard InChI is InChI=1S/C15H30O/c1-13(2,3)11-9-10-15(7,8)16-12(11)14(4,5)6/h11-12H,9-10H2,1-8H3. The van der Waals surface area contributed by atoms with Crippen molar-refractivity contribution in [2.45, 2.75) is 79.9 Å². The highest BCUT2D eigenvalue weighted by molar-refractivity contribution is 4.94. The van der Waals surface area contributed by atoms with Gasteiger partial charge in [0.2, 0.25) is 0 Å². The summed E-state index contributed by atoms with van der Waals surface area (Å²) >= 11 is 0. The van der Waals surface area contributed by atoms with Crippen molar-refractivity contribution in [3.8, 4) is 0 Å². The summed E-state index contributed by atoms with van der Waals surface area (Å²) in [5.41, 5.74) is 0.629. The van der Waals surface area contributed by atoms with E-state index in [1.807, 2.05) is 0 Å². The molecule has 1 aliphatic heterocycles. The Labute approximate surface area is 102 Å². The maximum atomic E-state index is 6.38. The molecule has 16 heavy (non-hydrogen) atoms. The molecule has 0 radical (unpaired) electrons. The molecule has 2 unspecified atom stereocenters. The zero-order chi connectivity index (χ0) is 12.8. The number of ether oxygens (including phenoxy) is 1. The van der Waals surface area contributed by atoms with E-state index in [0.29, 0.717) is 17.4 Å². The van der Waals surface area contributed by atoms with Gasteiger partial charge in [-0.1, -0.05) is 41.5 Å². The van der Waals surface area contributed by atoms with E-state index in [9.17, 15) is 0 Å². The highest BCUT2D eigenvalue weighted by atomic mass is 16.5. The Morgan fingerprint density at radius 2 is 1.44 bits per heavy atom. The fourth-order valence-electron chi connectivity index (χ4n) is 2.81. The molecule has 96 valence electrons. The van der Waals surface area contributed by atoms with Crippen LogP contribution in [0, 0.1) is 16.7 Å². The molecule has 1 saturated heterocycles. The van der Waals surface area contributed by atoms with Gasteiger partial charge in [-0.05, 0) is 43.4 Å². The second kappa shape index (κ2) is 4.01. The molecule has 1 heterocycles. The van der Waals surface area contributed by atoms with Crippen molar-refractivity contribution < 1.29 is 4.74 Å². The van der Waals surface area contributed by atoms with Gasteiger partial charge in [-0.2, -0.15) is 0 Å². The van der Waals surface area contributed by atoms with Gasteiger partial charge in [-0.3, -0.25) is 0 Å². The predicted octanol–water partition coefficient (Wildman–Crippen LogP) is 4.65. The van der Waals surface area contributed by atoms with Gasteiger partial charge in [0.15, 0.2) is 0 Å². The lowest BCUT2D eigenvalue weighted by Gasteiger charge is -2.51. The van der Waals surface area contributed by atoms with Crippen molar-refractivity contribution in [2.24, 2.45) is 16.7 Å². The van der Waals surface area contributed by atoms with Crippen LogP contribution in [0.2, 0.25) is 0 Å². The third kappa shape index (κ3) is 3.23.